The molecule has 1 aliphatic heterocycles. The third-order valence-corrected chi connectivity index (χ3v) is 6.78. The maximum atomic E-state index is 12.8. The van der Waals surface area contributed by atoms with E-state index in [1.807, 2.05) is 6.07 Å². The van der Waals surface area contributed by atoms with Crippen LogP contribution in [0.25, 0.3) is 6.08 Å². The van der Waals surface area contributed by atoms with E-state index in [0.717, 1.165) is 19.4 Å². The Morgan fingerprint density at radius 3 is 2.66 bits per heavy atom. The number of nitro groups is 1. The molecule has 3 amide bonds. The Labute approximate surface area is 236 Å². The SMILES string of the molecule is COC(=O)c1ccc(CN2C(=O)N/C(=C\c3cc(Cl)c(OCc4ccc(Br)cc4Br)c([N+](=O)[O-])c3)C2=O)o1. The zero-order valence-electron chi connectivity index (χ0n) is 19.3. The molecule has 0 atom stereocenters. The number of esters is 1. The highest BCUT2D eigenvalue weighted by Crippen LogP contribution is 2.38. The van der Waals surface area contributed by atoms with Gasteiger partial charge in [-0.1, -0.05) is 49.5 Å². The summed E-state index contributed by atoms with van der Waals surface area (Å²) in [5.74, 6) is -1.46. The quantitative estimate of drug-likeness (QED) is 0.104. The monoisotopic (exact) mass is 667 g/mol. The minimum Gasteiger partial charge on any atom is -0.481 e. The summed E-state index contributed by atoms with van der Waals surface area (Å²) < 4.78 is 17.1. The van der Waals surface area contributed by atoms with Crippen molar-refractivity contribution in [2.24, 2.45) is 0 Å². The van der Waals surface area contributed by atoms with Crippen LogP contribution in [-0.4, -0.2) is 34.8 Å². The smallest absolute Gasteiger partial charge is 0.373 e. The van der Waals surface area contributed by atoms with Crippen LogP contribution in [0.4, 0.5) is 10.5 Å². The molecule has 0 spiro atoms. The summed E-state index contributed by atoms with van der Waals surface area (Å²) >= 11 is 13.1. The molecule has 1 aromatic heterocycles. The van der Waals surface area contributed by atoms with Crippen LogP contribution in [0.3, 0.4) is 0 Å². The fraction of sp³-hybridized carbons (Fsp3) is 0.125. The molecule has 0 aliphatic carbocycles. The van der Waals surface area contributed by atoms with E-state index in [2.05, 4.69) is 41.9 Å². The number of methoxy groups -OCH3 is 1. The van der Waals surface area contributed by atoms with Gasteiger partial charge in [-0.25, -0.2) is 9.59 Å². The number of nitrogens with one attached hydrogen (secondary N) is 1. The van der Waals surface area contributed by atoms with Crippen molar-refractivity contribution >= 4 is 73.1 Å². The van der Waals surface area contributed by atoms with Gasteiger partial charge < -0.3 is 19.2 Å². The van der Waals surface area contributed by atoms with Crippen LogP contribution in [-0.2, 0) is 22.7 Å². The predicted molar refractivity (Wildman–Crippen MR) is 141 cm³/mol. The van der Waals surface area contributed by atoms with Crippen LogP contribution in [0.1, 0.15) is 27.4 Å². The number of carbonyl (C=O) groups excluding carboxylic acids is 3. The Morgan fingerprint density at radius 2 is 1.97 bits per heavy atom. The lowest BCUT2D eigenvalue weighted by molar-refractivity contribution is -0.385. The Hall–Kier alpha value is -3.68. The molecular weight excluding hydrogens is 654 g/mol. The Morgan fingerprint density at radius 1 is 1.21 bits per heavy atom. The van der Waals surface area contributed by atoms with E-state index in [1.165, 1.54) is 37.5 Å². The predicted octanol–water partition coefficient (Wildman–Crippen LogP) is 5.82. The average Bonchev–Trinajstić information content (AvgIpc) is 3.44. The number of ether oxygens (including phenoxy) is 2. The first-order valence-electron chi connectivity index (χ1n) is 10.6. The molecule has 0 unspecified atom stereocenters. The molecule has 38 heavy (non-hydrogen) atoms. The molecule has 2 aromatic carbocycles. The second kappa shape index (κ2) is 11.4. The van der Waals surface area contributed by atoms with Crippen molar-refractivity contribution in [2.75, 3.05) is 7.11 Å². The van der Waals surface area contributed by atoms with E-state index in [4.69, 9.17) is 20.8 Å². The van der Waals surface area contributed by atoms with Crippen molar-refractivity contribution < 1.29 is 33.2 Å². The summed E-state index contributed by atoms with van der Waals surface area (Å²) in [6.07, 6.45) is 1.26. The van der Waals surface area contributed by atoms with Crippen LogP contribution < -0.4 is 10.1 Å². The number of benzene rings is 2. The fourth-order valence-corrected chi connectivity index (χ4v) is 4.90. The van der Waals surface area contributed by atoms with Crippen molar-refractivity contribution in [3.63, 3.8) is 0 Å². The van der Waals surface area contributed by atoms with Gasteiger partial charge >= 0.3 is 17.7 Å². The number of carbonyl (C=O) groups is 3. The molecule has 1 fully saturated rings. The van der Waals surface area contributed by atoms with E-state index in [1.54, 1.807) is 12.1 Å². The van der Waals surface area contributed by atoms with Gasteiger partial charge in [-0.3, -0.25) is 19.8 Å². The summed E-state index contributed by atoms with van der Waals surface area (Å²) in [6.45, 7) is -0.249. The first-order chi connectivity index (χ1) is 18.1. The average molecular weight is 670 g/mol. The third kappa shape index (κ3) is 5.90. The van der Waals surface area contributed by atoms with Crippen LogP contribution in [0.2, 0.25) is 5.02 Å². The van der Waals surface area contributed by atoms with Gasteiger partial charge in [-0.2, -0.15) is 0 Å². The zero-order chi connectivity index (χ0) is 27.6. The molecule has 14 heteroatoms. The number of rotatable bonds is 8. The molecule has 3 aromatic rings. The van der Waals surface area contributed by atoms with Crippen molar-refractivity contribution in [1.29, 1.82) is 0 Å². The largest absolute Gasteiger partial charge is 0.481 e. The van der Waals surface area contributed by atoms with Gasteiger partial charge in [0.05, 0.1) is 23.6 Å². The number of hydrogen-bond donors (Lipinski definition) is 1. The van der Waals surface area contributed by atoms with Crippen molar-refractivity contribution in [3.8, 4) is 5.75 Å². The van der Waals surface area contributed by atoms with E-state index in [0.29, 0.717) is 0 Å². The number of imide groups is 1. The molecule has 11 nitrogen and oxygen atoms in total. The molecule has 0 bridgehead atoms. The highest BCUT2D eigenvalue weighted by atomic mass is 79.9. The molecule has 1 N–H and O–H groups in total. The van der Waals surface area contributed by atoms with Crippen LogP contribution in [0.5, 0.6) is 5.75 Å². The third-order valence-electron chi connectivity index (χ3n) is 5.27. The van der Waals surface area contributed by atoms with E-state index in [9.17, 15) is 24.5 Å². The molecule has 196 valence electrons. The highest BCUT2D eigenvalue weighted by Gasteiger charge is 2.34. The Bertz CT molecular complexity index is 1500. The summed E-state index contributed by atoms with van der Waals surface area (Å²) in [5.41, 5.74) is 0.374. The first-order valence-corrected chi connectivity index (χ1v) is 12.6. The molecule has 4 rings (SSSR count). The molecule has 1 saturated heterocycles. The van der Waals surface area contributed by atoms with Gasteiger partial charge in [0.1, 0.15) is 18.1 Å². The topological polar surface area (TPSA) is 141 Å². The number of nitro benzene ring substituents is 1. The zero-order valence-corrected chi connectivity index (χ0v) is 23.3. The van der Waals surface area contributed by atoms with Crippen LogP contribution in [0.15, 0.2) is 61.5 Å². The Balaban J connectivity index is 1.55. The normalized spacial score (nSPS) is 14.1. The molecule has 1 aliphatic rings. The molecule has 0 radical (unpaired) electrons. The highest BCUT2D eigenvalue weighted by molar-refractivity contribution is 9.11. The van der Waals surface area contributed by atoms with Gasteiger partial charge in [-0.15, -0.1) is 0 Å². The fourth-order valence-electron chi connectivity index (χ4n) is 3.46. The van der Waals surface area contributed by atoms with Crippen LogP contribution in [0, 0.1) is 10.1 Å². The van der Waals surface area contributed by atoms with Gasteiger partial charge in [0.25, 0.3) is 5.91 Å². The minimum absolute atomic E-state index is 0.00281. The summed E-state index contributed by atoms with van der Waals surface area (Å²) in [5, 5.41) is 14.1. The lowest BCUT2D eigenvalue weighted by atomic mass is 10.1. The van der Waals surface area contributed by atoms with E-state index in [-0.39, 0.29) is 46.7 Å². The Kier molecular flexibility index (Phi) is 8.19. The summed E-state index contributed by atoms with van der Waals surface area (Å²) in [4.78, 5) is 48.8. The van der Waals surface area contributed by atoms with Gasteiger partial charge in [0.15, 0.2) is 0 Å². The number of nitrogens with zero attached hydrogens (tertiary/aromatic N) is 2. The van der Waals surface area contributed by atoms with E-state index >= 15 is 0 Å². The number of halogens is 3. The number of amides is 3. The lowest BCUT2D eigenvalue weighted by Gasteiger charge is -2.11. The minimum atomic E-state index is -0.738. The first kappa shape index (κ1) is 27.4. The van der Waals surface area contributed by atoms with Crippen molar-refractivity contribution in [1.82, 2.24) is 10.2 Å². The van der Waals surface area contributed by atoms with Crippen molar-refractivity contribution in [2.45, 2.75) is 13.2 Å². The maximum absolute atomic E-state index is 12.8. The van der Waals surface area contributed by atoms with Gasteiger partial charge in [-0.05, 0) is 42.0 Å². The summed E-state index contributed by atoms with van der Waals surface area (Å²) in [7, 11) is 1.19. The number of furan rings is 1. The van der Waals surface area contributed by atoms with Gasteiger partial charge in [0, 0.05) is 20.6 Å². The second-order valence-electron chi connectivity index (χ2n) is 7.77. The lowest BCUT2D eigenvalue weighted by Crippen LogP contribution is -2.30. The standard InChI is InChI=1S/C24H16Br2ClN3O8/c1-36-23(32)20-5-4-15(38-20)10-29-22(31)18(28-24(29)33)7-12-6-17(27)21(19(8-12)30(34)35)37-11-13-2-3-14(25)9-16(13)26/h2-9H,10-11H2,1H3,(H,28,33)/b18-7-. The molecule has 2 heterocycles. The number of urea groups is 1. The van der Waals surface area contributed by atoms with Gasteiger partial charge in [0.2, 0.25) is 11.5 Å². The van der Waals surface area contributed by atoms with E-state index < -0.39 is 28.5 Å². The van der Waals surface area contributed by atoms with Crippen molar-refractivity contribution in [3.05, 3.63) is 94.9 Å². The van der Waals surface area contributed by atoms with Crippen LogP contribution >= 0.6 is 43.5 Å². The molecule has 0 saturated carbocycles. The number of hydrogen-bond acceptors (Lipinski definition) is 8. The molecular formula is C24H16Br2ClN3O8. The summed E-state index contributed by atoms with van der Waals surface area (Å²) in [6, 6.07) is 10.0. The maximum Gasteiger partial charge on any atom is 0.373 e. The second-order valence-corrected chi connectivity index (χ2v) is 9.95.